The molecule has 3 aromatic heterocycles. The molecule has 0 bridgehead atoms. The summed E-state index contributed by atoms with van der Waals surface area (Å²) in [6.07, 6.45) is -1.12. The number of pyridine rings is 1. The molecule has 4 heterocycles. The fourth-order valence-corrected chi connectivity index (χ4v) is 3.63. The van der Waals surface area contributed by atoms with E-state index in [2.05, 4.69) is 29.7 Å². The van der Waals surface area contributed by atoms with Crippen LogP contribution < -0.4 is 0 Å². The highest BCUT2D eigenvalue weighted by Gasteiger charge is 2.38. The maximum Gasteiger partial charge on any atom is 0.471 e. The lowest BCUT2D eigenvalue weighted by Gasteiger charge is -2.32. The number of piperidine rings is 1. The summed E-state index contributed by atoms with van der Waals surface area (Å²) in [6, 6.07) is 3.50. The van der Waals surface area contributed by atoms with E-state index < -0.39 is 12.1 Å². The molecule has 0 spiro atoms. The minimum absolute atomic E-state index is 0.125. The van der Waals surface area contributed by atoms with Crippen LogP contribution in [0.5, 0.6) is 0 Å². The highest BCUT2D eigenvalue weighted by Crippen LogP contribution is 2.31. The first-order chi connectivity index (χ1) is 13.8. The first-order valence-electron chi connectivity index (χ1n) is 9.32. The Morgan fingerprint density at radius 1 is 1.17 bits per heavy atom. The quantitative estimate of drug-likeness (QED) is 0.643. The normalized spacial score (nSPS) is 18.3. The summed E-state index contributed by atoms with van der Waals surface area (Å²) >= 11 is 0. The van der Waals surface area contributed by atoms with Gasteiger partial charge in [-0.25, -0.2) is 0 Å². The van der Waals surface area contributed by atoms with E-state index in [-0.39, 0.29) is 11.7 Å². The number of hydrogen-bond donors (Lipinski definition) is 0. The van der Waals surface area contributed by atoms with Crippen LogP contribution in [0.4, 0.5) is 13.2 Å². The smallest absolute Gasteiger partial charge is 0.361 e. The average molecular weight is 407 g/mol. The van der Waals surface area contributed by atoms with Gasteiger partial charge in [-0.2, -0.15) is 18.2 Å². The van der Waals surface area contributed by atoms with Crippen molar-refractivity contribution in [1.82, 2.24) is 25.2 Å². The fraction of sp³-hybridized carbons (Fsp3) is 0.474. The minimum Gasteiger partial charge on any atom is -0.361 e. The summed E-state index contributed by atoms with van der Waals surface area (Å²) < 4.78 is 47.4. The Morgan fingerprint density at radius 3 is 2.62 bits per heavy atom. The zero-order chi connectivity index (χ0) is 20.6. The Balaban J connectivity index is 1.45. The highest BCUT2D eigenvalue weighted by molar-refractivity contribution is 5.52. The van der Waals surface area contributed by atoms with E-state index in [4.69, 9.17) is 4.52 Å². The molecule has 0 aliphatic carbocycles. The maximum absolute atomic E-state index is 12.6. The summed E-state index contributed by atoms with van der Waals surface area (Å²) in [4.78, 5) is 10.2. The molecule has 3 aromatic rings. The van der Waals surface area contributed by atoms with Crippen LogP contribution >= 0.6 is 0 Å². The molecule has 0 radical (unpaired) electrons. The first kappa shape index (κ1) is 19.6. The lowest BCUT2D eigenvalue weighted by Crippen LogP contribution is -2.34. The van der Waals surface area contributed by atoms with Crippen molar-refractivity contribution in [2.24, 2.45) is 0 Å². The molecule has 4 rings (SSSR count). The summed E-state index contributed by atoms with van der Waals surface area (Å²) in [5.41, 5.74) is 3.31. The van der Waals surface area contributed by atoms with Crippen LogP contribution in [0.15, 0.2) is 27.4 Å². The number of nitrogens with zero attached hydrogens (tertiary/aromatic N) is 5. The Kier molecular flexibility index (Phi) is 5.12. The maximum atomic E-state index is 12.6. The van der Waals surface area contributed by atoms with E-state index in [1.54, 1.807) is 6.07 Å². The molecule has 0 aromatic carbocycles. The zero-order valence-electron chi connectivity index (χ0n) is 16.0. The van der Waals surface area contributed by atoms with Gasteiger partial charge in [0.05, 0.1) is 5.69 Å². The van der Waals surface area contributed by atoms with Crippen LogP contribution in [0.3, 0.4) is 0 Å². The molecule has 29 heavy (non-hydrogen) atoms. The van der Waals surface area contributed by atoms with Gasteiger partial charge in [0, 0.05) is 42.0 Å². The summed E-state index contributed by atoms with van der Waals surface area (Å²) in [7, 11) is 0. The fourth-order valence-electron chi connectivity index (χ4n) is 3.63. The van der Waals surface area contributed by atoms with Gasteiger partial charge >= 0.3 is 12.1 Å². The molecule has 1 aliphatic heterocycles. The number of aromatic nitrogens is 4. The summed E-state index contributed by atoms with van der Waals surface area (Å²) in [5.74, 6) is -0.404. The lowest BCUT2D eigenvalue weighted by molar-refractivity contribution is -0.159. The summed E-state index contributed by atoms with van der Waals surface area (Å²) in [6.45, 7) is 6.46. The molecule has 0 N–H and O–H groups in total. The van der Waals surface area contributed by atoms with Crippen LogP contribution in [0, 0.1) is 13.8 Å². The molecule has 1 aliphatic rings. The second-order valence-corrected chi connectivity index (χ2v) is 7.27. The molecular formula is C19H20F3N5O2. The van der Waals surface area contributed by atoms with Crippen molar-refractivity contribution in [2.45, 2.75) is 45.3 Å². The van der Waals surface area contributed by atoms with Crippen LogP contribution in [0.25, 0.3) is 11.4 Å². The molecule has 1 fully saturated rings. The van der Waals surface area contributed by atoms with E-state index in [1.807, 2.05) is 19.9 Å². The van der Waals surface area contributed by atoms with Crippen molar-refractivity contribution >= 4 is 0 Å². The van der Waals surface area contributed by atoms with Crippen molar-refractivity contribution in [1.29, 1.82) is 0 Å². The second-order valence-electron chi connectivity index (χ2n) is 7.27. The SMILES string of the molecule is Cc1noc(C)c1CN1CCC[C@@H](c2ccc(-c3noc(C(F)(F)F)n3)cn2)C1. The highest BCUT2D eigenvalue weighted by atomic mass is 19.4. The molecule has 1 saturated heterocycles. The van der Waals surface area contributed by atoms with Crippen molar-refractivity contribution in [3.8, 4) is 11.4 Å². The Hall–Kier alpha value is -2.75. The van der Waals surface area contributed by atoms with Gasteiger partial charge in [-0.3, -0.25) is 9.88 Å². The second kappa shape index (κ2) is 7.58. The van der Waals surface area contributed by atoms with E-state index >= 15 is 0 Å². The van der Waals surface area contributed by atoms with E-state index in [1.165, 1.54) is 6.20 Å². The molecule has 7 nitrogen and oxygen atoms in total. The largest absolute Gasteiger partial charge is 0.471 e. The number of rotatable bonds is 4. The van der Waals surface area contributed by atoms with Gasteiger partial charge in [0.25, 0.3) is 0 Å². The summed E-state index contributed by atoms with van der Waals surface area (Å²) in [5, 5.41) is 7.41. The number of hydrogen-bond acceptors (Lipinski definition) is 7. The van der Waals surface area contributed by atoms with Crippen LogP contribution in [-0.2, 0) is 12.7 Å². The Morgan fingerprint density at radius 2 is 2.00 bits per heavy atom. The third-order valence-corrected chi connectivity index (χ3v) is 5.20. The molecule has 1 atom stereocenters. The van der Waals surface area contributed by atoms with Gasteiger partial charge in [0.1, 0.15) is 5.76 Å². The van der Waals surface area contributed by atoms with Gasteiger partial charge < -0.3 is 9.05 Å². The minimum atomic E-state index is -4.66. The number of likely N-dealkylation sites (tertiary alicyclic amines) is 1. The zero-order valence-corrected chi connectivity index (χ0v) is 16.0. The van der Waals surface area contributed by atoms with Crippen LogP contribution in [0.2, 0.25) is 0 Å². The van der Waals surface area contributed by atoms with Gasteiger partial charge in [0.15, 0.2) is 0 Å². The molecule has 10 heteroatoms. The van der Waals surface area contributed by atoms with Crippen molar-refractivity contribution in [3.63, 3.8) is 0 Å². The average Bonchev–Trinajstić information content (AvgIpc) is 3.31. The van der Waals surface area contributed by atoms with E-state index in [0.717, 1.165) is 55.2 Å². The van der Waals surface area contributed by atoms with Gasteiger partial charge in [-0.1, -0.05) is 10.3 Å². The molecule has 0 unspecified atom stereocenters. The van der Waals surface area contributed by atoms with Crippen LogP contribution in [0.1, 0.15) is 47.4 Å². The number of halogens is 3. The molecule has 154 valence electrons. The molecule has 0 saturated carbocycles. The topological polar surface area (TPSA) is 81.1 Å². The molecule has 0 amide bonds. The standard InChI is InChI=1S/C19H20F3N5O2/c1-11-15(12(2)28-25-11)10-27-7-3-4-14(9-27)16-6-5-13(8-23-16)17-24-18(29-26-17)19(20,21)22/h5-6,8,14H,3-4,7,9-10H2,1-2H3/t14-/m1/s1. The van der Waals surface area contributed by atoms with E-state index in [0.29, 0.717) is 5.56 Å². The Bertz CT molecular complexity index is 961. The van der Waals surface area contributed by atoms with E-state index in [9.17, 15) is 13.2 Å². The van der Waals surface area contributed by atoms with Gasteiger partial charge in [-0.05, 0) is 45.4 Å². The Labute approximate surface area is 164 Å². The third-order valence-electron chi connectivity index (χ3n) is 5.20. The lowest BCUT2D eigenvalue weighted by atomic mass is 9.93. The van der Waals surface area contributed by atoms with Crippen LogP contribution in [-0.4, -0.2) is 38.3 Å². The van der Waals surface area contributed by atoms with Crippen molar-refractivity contribution < 1.29 is 22.2 Å². The van der Waals surface area contributed by atoms with Crippen molar-refractivity contribution in [3.05, 3.63) is 46.9 Å². The monoisotopic (exact) mass is 407 g/mol. The third kappa shape index (κ3) is 4.16. The number of aryl methyl sites for hydroxylation is 2. The van der Waals surface area contributed by atoms with Gasteiger partial charge in [0.2, 0.25) is 5.82 Å². The van der Waals surface area contributed by atoms with Gasteiger partial charge in [-0.15, -0.1) is 0 Å². The number of alkyl halides is 3. The van der Waals surface area contributed by atoms with Crippen molar-refractivity contribution in [2.75, 3.05) is 13.1 Å². The first-order valence-corrected chi connectivity index (χ1v) is 9.32. The predicted octanol–water partition coefficient (Wildman–Crippen LogP) is 4.13. The molecular weight excluding hydrogens is 387 g/mol. The predicted molar refractivity (Wildman–Crippen MR) is 95.8 cm³/mol.